The van der Waals surface area contributed by atoms with Crippen molar-refractivity contribution in [3.8, 4) is 5.75 Å². The minimum Gasteiger partial charge on any atom is -0.508 e. The fraction of sp³-hybridized carbons (Fsp3) is 0.583. The second-order valence-electron chi connectivity index (χ2n) is 9.12. The van der Waals surface area contributed by atoms with Gasteiger partial charge in [0.15, 0.2) is 0 Å². The maximum absolute atomic E-state index is 13.1. The van der Waals surface area contributed by atoms with E-state index in [1.165, 1.54) is 12.1 Å². The van der Waals surface area contributed by atoms with E-state index in [9.17, 15) is 29.4 Å². The van der Waals surface area contributed by atoms with Crippen LogP contribution in [0.3, 0.4) is 0 Å². The standard InChI is InChI=1S/C24H38N4O6S/c1-5-14(4)20(28-21(30)17(25)12-35)23(32)26-18(10-13(2)3)22(31)27-19(24(33)34)11-15-6-8-16(29)9-7-15/h6-9,13-14,17-20,29,35H,5,10-12,25H2,1-4H3,(H,26,32)(H,27,31)(H,28,30)(H,33,34). The van der Waals surface area contributed by atoms with Crippen LogP contribution in [0.15, 0.2) is 24.3 Å². The molecule has 1 aromatic rings. The first-order valence-electron chi connectivity index (χ1n) is 11.7. The Morgan fingerprint density at radius 1 is 0.943 bits per heavy atom. The molecule has 1 aromatic carbocycles. The third-order valence-electron chi connectivity index (χ3n) is 5.66. The van der Waals surface area contributed by atoms with Crippen molar-refractivity contribution in [2.24, 2.45) is 17.6 Å². The summed E-state index contributed by atoms with van der Waals surface area (Å²) in [5.41, 5.74) is 6.33. The highest BCUT2D eigenvalue weighted by Crippen LogP contribution is 2.13. The zero-order valence-corrected chi connectivity index (χ0v) is 21.5. The number of rotatable bonds is 14. The summed E-state index contributed by atoms with van der Waals surface area (Å²) in [5.74, 6) is -3.02. The van der Waals surface area contributed by atoms with Gasteiger partial charge in [-0.25, -0.2) is 4.79 Å². The van der Waals surface area contributed by atoms with Crippen LogP contribution in [0.4, 0.5) is 0 Å². The molecular weight excluding hydrogens is 472 g/mol. The number of aliphatic carboxylic acids is 1. The highest BCUT2D eigenvalue weighted by molar-refractivity contribution is 7.80. The third-order valence-corrected chi connectivity index (χ3v) is 6.05. The Morgan fingerprint density at radius 2 is 1.51 bits per heavy atom. The molecule has 35 heavy (non-hydrogen) atoms. The Morgan fingerprint density at radius 3 is 2.00 bits per heavy atom. The Labute approximate surface area is 211 Å². The number of hydrogen-bond acceptors (Lipinski definition) is 7. The molecule has 1 rings (SSSR count). The number of benzene rings is 1. The average Bonchev–Trinajstić information content (AvgIpc) is 2.81. The molecule has 196 valence electrons. The van der Waals surface area contributed by atoms with E-state index in [1.807, 2.05) is 20.8 Å². The number of phenolic OH excluding ortho intramolecular Hbond substituents is 1. The van der Waals surface area contributed by atoms with Crippen molar-refractivity contribution in [3.63, 3.8) is 0 Å². The number of carboxylic acids is 1. The zero-order chi connectivity index (χ0) is 26.7. The van der Waals surface area contributed by atoms with Crippen LogP contribution in [0.5, 0.6) is 5.75 Å². The van der Waals surface area contributed by atoms with Crippen LogP contribution in [0, 0.1) is 11.8 Å². The topological polar surface area (TPSA) is 171 Å². The molecule has 0 saturated carbocycles. The highest BCUT2D eigenvalue weighted by Gasteiger charge is 2.32. The lowest BCUT2D eigenvalue weighted by molar-refractivity contribution is -0.142. The normalized spacial score (nSPS) is 15.4. The fourth-order valence-electron chi connectivity index (χ4n) is 3.35. The second kappa shape index (κ2) is 14.6. The summed E-state index contributed by atoms with van der Waals surface area (Å²) in [6.07, 6.45) is 0.848. The molecule has 0 spiro atoms. The quantitative estimate of drug-likeness (QED) is 0.182. The summed E-state index contributed by atoms with van der Waals surface area (Å²) < 4.78 is 0. The lowest BCUT2D eigenvalue weighted by Crippen LogP contribution is -2.59. The Kier molecular flexibility index (Phi) is 12.6. The molecule has 0 aliphatic carbocycles. The lowest BCUT2D eigenvalue weighted by Gasteiger charge is -2.28. The summed E-state index contributed by atoms with van der Waals surface area (Å²) in [7, 11) is 0. The number of nitrogens with two attached hydrogens (primary N) is 1. The first-order valence-corrected chi connectivity index (χ1v) is 12.3. The van der Waals surface area contributed by atoms with Crippen molar-refractivity contribution < 1.29 is 29.4 Å². The third kappa shape index (κ3) is 10.2. The van der Waals surface area contributed by atoms with Gasteiger partial charge in [-0.05, 0) is 36.0 Å². The molecule has 0 bridgehead atoms. The number of nitrogens with one attached hydrogen (secondary N) is 3. The van der Waals surface area contributed by atoms with E-state index < -0.39 is 47.9 Å². The number of aromatic hydroxyl groups is 1. The van der Waals surface area contributed by atoms with Crippen LogP contribution >= 0.6 is 12.6 Å². The molecule has 0 radical (unpaired) electrons. The van der Waals surface area contributed by atoms with E-state index in [1.54, 1.807) is 19.1 Å². The van der Waals surface area contributed by atoms with Crippen LogP contribution in [-0.4, -0.2) is 63.8 Å². The SMILES string of the molecule is CCC(C)C(NC(=O)C(N)CS)C(=O)NC(CC(C)C)C(=O)NC(Cc1ccc(O)cc1)C(=O)O. The van der Waals surface area contributed by atoms with Gasteiger partial charge in [-0.2, -0.15) is 12.6 Å². The van der Waals surface area contributed by atoms with Crippen molar-refractivity contribution in [2.75, 3.05) is 5.75 Å². The zero-order valence-electron chi connectivity index (χ0n) is 20.7. The molecule has 0 aliphatic rings. The molecule has 3 amide bonds. The number of phenols is 1. The van der Waals surface area contributed by atoms with Crippen molar-refractivity contribution in [1.82, 2.24) is 16.0 Å². The van der Waals surface area contributed by atoms with Gasteiger partial charge in [0, 0.05) is 12.2 Å². The number of amides is 3. The van der Waals surface area contributed by atoms with Gasteiger partial charge in [-0.15, -0.1) is 0 Å². The predicted octanol–water partition coefficient (Wildman–Crippen LogP) is 0.823. The summed E-state index contributed by atoms with van der Waals surface area (Å²) >= 11 is 4.01. The van der Waals surface area contributed by atoms with Crippen molar-refractivity contribution in [3.05, 3.63) is 29.8 Å². The summed E-state index contributed by atoms with van der Waals surface area (Å²) in [6, 6.07) is 1.95. The summed E-state index contributed by atoms with van der Waals surface area (Å²) in [5, 5.41) is 26.9. The Balaban J connectivity index is 3.03. The molecule has 10 nitrogen and oxygen atoms in total. The number of thiol groups is 1. The van der Waals surface area contributed by atoms with Gasteiger partial charge in [0.2, 0.25) is 17.7 Å². The molecule has 0 saturated heterocycles. The second-order valence-corrected chi connectivity index (χ2v) is 9.49. The molecule has 0 heterocycles. The first-order chi connectivity index (χ1) is 16.4. The predicted molar refractivity (Wildman–Crippen MR) is 136 cm³/mol. The van der Waals surface area contributed by atoms with Crippen molar-refractivity contribution in [2.45, 2.75) is 71.1 Å². The van der Waals surface area contributed by atoms with E-state index in [2.05, 4.69) is 28.6 Å². The Bertz CT molecular complexity index is 864. The number of carboxylic acid groups (broad SMARTS) is 1. The van der Waals surface area contributed by atoms with Gasteiger partial charge in [-0.1, -0.05) is 46.2 Å². The molecule has 5 unspecified atom stereocenters. The molecule has 7 N–H and O–H groups in total. The fourth-order valence-corrected chi connectivity index (χ4v) is 3.52. The average molecular weight is 511 g/mol. The first kappa shape index (κ1) is 30.2. The maximum Gasteiger partial charge on any atom is 0.326 e. The van der Waals surface area contributed by atoms with E-state index in [0.717, 1.165) is 0 Å². The molecule has 11 heteroatoms. The van der Waals surface area contributed by atoms with E-state index in [0.29, 0.717) is 12.0 Å². The van der Waals surface area contributed by atoms with Crippen molar-refractivity contribution >= 4 is 36.3 Å². The molecule has 5 atom stereocenters. The van der Waals surface area contributed by atoms with Gasteiger partial charge in [0.05, 0.1) is 6.04 Å². The van der Waals surface area contributed by atoms with Gasteiger partial charge in [0.1, 0.15) is 23.9 Å². The molecule has 0 aliphatic heterocycles. The van der Waals surface area contributed by atoms with E-state index in [-0.39, 0.29) is 36.2 Å². The highest BCUT2D eigenvalue weighted by atomic mass is 32.1. The van der Waals surface area contributed by atoms with E-state index >= 15 is 0 Å². The van der Waals surface area contributed by atoms with Crippen molar-refractivity contribution in [1.29, 1.82) is 0 Å². The van der Waals surface area contributed by atoms with Gasteiger partial charge < -0.3 is 31.9 Å². The van der Waals surface area contributed by atoms with Gasteiger partial charge >= 0.3 is 5.97 Å². The number of hydrogen-bond donors (Lipinski definition) is 7. The molecule has 0 aromatic heterocycles. The summed E-state index contributed by atoms with van der Waals surface area (Å²) in [4.78, 5) is 50.3. The number of carbonyl (C=O) groups excluding carboxylic acids is 3. The number of carbonyl (C=O) groups is 4. The molecule has 0 fully saturated rings. The van der Waals surface area contributed by atoms with Gasteiger partial charge in [-0.3, -0.25) is 14.4 Å². The minimum absolute atomic E-state index is 0.00311. The largest absolute Gasteiger partial charge is 0.508 e. The monoisotopic (exact) mass is 510 g/mol. The van der Waals surface area contributed by atoms with Crippen LogP contribution in [-0.2, 0) is 25.6 Å². The van der Waals surface area contributed by atoms with Crippen LogP contribution in [0.1, 0.15) is 46.1 Å². The van der Waals surface area contributed by atoms with Crippen LogP contribution < -0.4 is 21.7 Å². The van der Waals surface area contributed by atoms with Crippen LogP contribution in [0.25, 0.3) is 0 Å². The minimum atomic E-state index is -1.24. The van der Waals surface area contributed by atoms with E-state index in [4.69, 9.17) is 5.73 Å². The summed E-state index contributed by atoms with van der Waals surface area (Å²) in [6.45, 7) is 7.41. The van der Waals surface area contributed by atoms with Crippen LogP contribution in [0.2, 0.25) is 0 Å². The Hall–Kier alpha value is -2.79. The lowest BCUT2D eigenvalue weighted by atomic mass is 9.96. The smallest absolute Gasteiger partial charge is 0.326 e. The maximum atomic E-state index is 13.1. The molecular formula is C24H38N4O6S. The van der Waals surface area contributed by atoms with Gasteiger partial charge in [0.25, 0.3) is 0 Å².